The normalized spacial score (nSPS) is 16.6. The molecule has 0 heterocycles. The monoisotopic (exact) mass is 187 g/mol. The zero-order chi connectivity index (χ0) is 10.4. The maximum atomic E-state index is 9.14. The number of rotatable bonds is 6. The van der Waals surface area contributed by atoms with E-state index in [1.807, 2.05) is 0 Å². The van der Waals surface area contributed by atoms with E-state index >= 15 is 0 Å². The van der Waals surface area contributed by atoms with E-state index in [-0.39, 0.29) is 12.6 Å². The molecule has 2 heteroatoms. The van der Waals surface area contributed by atoms with E-state index in [2.05, 4.69) is 39.9 Å². The Bertz CT molecular complexity index is 123. The van der Waals surface area contributed by atoms with Crippen LogP contribution in [-0.4, -0.2) is 23.8 Å². The van der Waals surface area contributed by atoms with Crippen molar-refractivity contribution in [3.05, 3.63) is 0 Å². The van der Waals surface area contributed by atoms with Gasteiger partial charge in [-0.3, -0.25) is 0 Å². The maximum absolute atomic E-state index is 9.14. The van der Waals surface area contributed by atoms with Crippen LogP contribution in [0.3, 0.4) is 0 Å². The molecule has 2 N–H and O–H groups in total. The van der Waals surface area contributed by atoms with E-state index in [0.29, 0.717) is 17.9 Å². The molecule has 0 saturated heterocycles. The smallest absolute Gasteiger partial charge is 0.0584 e. The van der Waals surface area contributed by atoms with Gasteiger partial charge in [-0.2, -0.15) is 0 Å². The van der Waals surface area contributed by atoms with Gasteiger partial charge in [0.1, 0.15) is 0 Å². The Morgan fingerprint density at radius 2 is 1.62 bits per heavy atom. The van der Waals surface area contributed by atoms with Gasteiger partial charge >= 0.3 is 0 Å². The molecule has 0 bridgehead atoms. The molecule has 0 aliphatic carbocycles. The van der Waals surface area contributed by atoms with Crippen LogP contribution >= 0.6 is 0 Å². The van der Waals surface area contributed by atoms with Crippen molar-refractivity contribution in [3.8, 4) is 0 Å². The Balaban J connectivity index is 3.83. The zero-order valence-electron chi connectivity index (χ0n) is 9.67. The summed E-state index contributed by atoms with van der Waals surface area (Å²) in [4.78, 5) is 0. The van der Waals surface area contributed by atoms with Crippen LogP contribution < -0.4 is 5.32 Å². The summed E-state index contributed by atoms with van der Waals surface area (Å²) in [6, 6.07) is 0.744. The SMILES string of the molecule is CC(C)C[C@H](CO)N[C@H](C)C(C)C. The van der Waals surface area contributed by atoms with Crippen molar-refractivity contribution in [2.24, 2.45) is 11.8 Å². The molecule has 0 aliphatic heterocycles. The molecule has 0 rings (SSSR count). The summed E-state index contributed by atoms with van der Waals surface area (Å²) in [7, 11) is 0. The van der Waals surface area contributed by atoms with Gasteiger partial charge in [0.15, 0.2) is 0 Å². The molecule has 0 radical (unpaired) electrons. The molecule has 0 aliphatic rings. The van der Waals surface area contributed by atoms with Crippen molar-refractivity contribution in [1.82, 2.24) is 5.32 Å². The molecular weight excluding hydrogens is 162 g/mol. The average Bonchev–Trinajstić information content (AvgIpc) is 2.02. The van der Waals surface area contributed by atoms with Gasteiger partial charge in [0.2, 0.25) is 0 Å². The van der Waals surface area contributed by atoms with Gasteiger partial charge in [-0.05, 0) is 25.2 Å². The van der Waals surface area contributed by atoms with E-state index < -0.39 is 0 Å². The lowest BCUT2D eigenvalue weighted by molar-refractivity contribution is 0.206. The second kappa shape index (κ2) is 6.39. The molecule has 0 unspecified atom stereocenters. The fraction of sp³-hybridized carbons (Fsp3) is 1.00. The first-order chi connectivity index (χ1) is 5.97. The zero-order valence-corrected chi connectivity index (χ0v) is 9.67. The standard InChI is InChI=1S/C11H25NO/c1-8(2)6-11(7-13)12-10(5)9(3)4/h8-13H,6-7H2,1-5H3/t10-,11-/m1/s1. The molecule has 13 heavy (non-hydrogen) atoms. The van der Waals surface area contributed by atoms with Crippen molar-refractivity contribution in [2.45, 2.75) is 53.1 Å². The highest BCUT2D eigenvalue weighted by Gasteiger charge is 2.14. The maximum Gasteiger partial charge on any atom is 0.0584 e. The van der Waals surface area contributed by atoms with E-state index in [9.17, 15) is 0 Å². The number of nitrogens with one attached hydrogen (secondary N) is 1. The summed E-state index contributed by atoms with van der Waals surface area (Å²) in [6.07, 6.45) is 1.05. The molecule has 0 saturated carbocycles. The first-order valence-electron chi connectivity index (χ1n) is 5.34. The van der Waals surface area contributed by atoms with Gasteiger partial charge in [-0.15, -0.1) is 0 Å². The van der Waals surface area contributed by atoms with Crippen molar-refractivity contribution < 1.29 is 5.11 Å². The van der Waals surface area contributed by atoms with Gasteiger partial charge in [0, 0.05) is 12.1 Å². The molecular formula is C11H25NO. The van der Waals surface area contributed by atoms with E-state index in [1.54, 1.807) is 0 Å². The summed E-state index contributed by atoms with van der Waals surface area (Å²) in [5, 5.41) is 12.6. The van der Waals surface area contributed by atoms with Gasteiger partial charge in [-0.25, -0.2) is 0 Å². The third-order valence-electron chi connectivity index (χ3n) is 2.47. The predicted molar refractivity (Wildman–Crippen MR) is 57.8 cm³/mol. The summed E-state index contributed by atoms with van der Waals surface area (Å²) in [5.74, 6) is 1.27. The van der Waals surface area contributed by atoms with Crippen LogP contribution in [0.1, 0.15) is 41.0 Å². The molecule has 2 atom stereocenters. The van der Waals surface area contributed by atoms with Crippen LogP contribution in [0.25, 0.3) is 0 Å². The second-order valence-electron chi connectivity index (χ2n) is 4.71. The molecule has 0 aromatic rings. The fourth-order valence-corrected chi connectivity index (χ4v) is 1.33. The predicted octanol–water partition coefficient (Wildman–Crippen LogP) is 2.03. The number of hydrogen-bond acceptors (Lipinski definition) is 2. The van der Waals surface area contributed by atoms with E-state index in [4.69, 9.17) is 5.11 Å². The van der Waals surface area contributed by atoms with Crippen molar-refractivity contribution in [2.75, 3.05) is 6.61 Å². The minimum Gasteiger partial charge on any atom is -0.395 e. The largest absolute Gasteiger partial charge is 0.395 e. The second-order valence-corrected chi connectivity index (χ2v) is 4.71. The van der Waals surface area contributed by atoms with Crippen molar-refractivity contribution in [3.63, 3.8) is 0 Å². The van der Waals surface area contributed by atoms with Gasteiger partial charge in [0.25, 0.3) is 0 Å². The Morgan fingerprint density at radius 3 is 1.92 bits per heavy atom. The highest BCUT2D eigenvalue weighted by molar-refractivity contribution is 4.73. The van der Waals surface area contributed by atoms with Crippen molar-refractivity contribution >= 4 is 0 Å². The summed E-state index contributed by atoms with van der Waals surface area (Å²) in [5.41, 5.74) is 0. The lowest BCUT2D eigenvalue weighted by Crippen LogP contribution is -2.42. The Hall–Kier alpha value is -0.0800. The number of aliphatic hydroxyl groups excluding tert-OH is 1. The molecule has 2 nitrogen and oxygen atoms in total. The van der Waals surface area contributed by atoms with Gasteiger partial charge in [-0.1, -0.05) is 27.7 Å². The Kier molecular flexibility index (Phi) is 6.35. The number of hydrogen-bond donors (Lipinski definition) is 2. The van der Waals surface area contributed by atoms with Gasteiger partial charge < -0.3 is 10.4 Å². The summed E-state index contributed by atoms with van der Waals surface area (Å²) < 4.78 is 0. The first-order valence-corrected chi connectivity index (χ1v) is 5.34. The molecule has 0 aromatic carbocycles. The molecule has 0 amide bonds. The third kappa shape index (κ3) is 6.05. The van der Waals surface area contributed by atoms with Gasteiger partial charge in [0.05, 0.1) is 6.61 Å². The van der Waals surface area contributed by atoms with Crippen molar-refractivity contribution in [1.29, 1.82) is 0 Å². The minimum absolute atomic E-state index is 0.245. The fourth-order valence-electron chi connectivity index (χ4n) is 1.33. The van der Waals surface area contributed by atoms with Crippen LogP contribution in [0.2, 0.25) is 0 Å². The molecule has 0 fully saturated rings. The van der Waals surface area contributed by atoms with Crippen LogP contribution in [0.4, 0.5) is 0 Å². The lowest BCUT2D eigenvalue weighted by Gasteiger charge is -2.25. The van der Waals surface area contributed by atoms with Crippen LogP contribution in [-0.2, 0) is 0 Å². The molecule has 0 spiro atoms. The Labute approximate surface area is 82.7 Å². The lowest BCUT2D eigenvalue weighted by atomic mass is 10.0. The average molecular weight is 187 g/mol. The molecule has 80 valence electrons. The third-order valence-corrected chi connectivity index (χ3v) is 2.47. The summed E-state index contributed by atoms with van der Waals surface area (Å²) >= 11 is 0. The van der Waals surface area contributed by atoms with Crippen LogP contribution in [0.15, 0.2) is 0 Å². The quantitative estimate of drug-likeness (QED) is 0.667. The van der Waals surface area contributed by atoms with E-state index in [0.717, 1.165) is 6.42 Å². The topological polar surface area (TPSA) is 32.3 Å². The van der Waals surface area contributed by atoms with E-state index in [1.165, 1.54) is 0 Å². The van der Waals surface area contributed by atoms with Crippen LogP contribution in [0, 0.1) is 11.8 Å². The minimum atomic E-state index is 0.245. The Morgan fingerprint density at radius 1 is 1.08 bits per heavy atom. The van der Waals surface area contributed by atoms with Crippen LogP contribution in [0.5, 0.6) is 0 Å². The number of aliphatic hydroxyl groups is 1. The summed E-state index contributed by atoms with van der Waals surface area (Å²) in [6.45, 7) is 11.2. The first kappa shape index (κ1) is 12.9. The highest BCUT2D eigenvalue weighted by Crippen LogP contribution is 2.07. The highest BCUT2D eigenvalue weighted by atomic mass is 16.3. The molecule has 0 aromatic heterocycles.